The molecule has 0 amide bonds. The van der Waals surface area contributed by atoms with Crippen molar-refractivity contribution >= 4 is 44.4 Å². The fraction of sp³-hybridized carbons (Fsp3) is 0.174. The number of sulfonamides is 1. The van der Waals surface area contributed by atoms with Gasteiger partial charge in [-0.3, -0.25) is 0 Å². The first kappa shape index (κ1) is 26.5. The highest BCUT2D eigenvalue weighted by Gasteiger charge is 2.27. The molecule has 14 heteroatoms. The molecule has 37 heavy (non-hydrogen) atoms. The first-order valence-electron chi connectivity index (χ1n) is 10.7. The summed E-state index contributed by atoms with van der Waals surface area (Å²) in [5.41, 5.74) is 1.94. The maximum atomic E-state index is 13.3. The molecule has 0 saturated carbocycles. The van der Waals surface area contributed by atoms with Crippen molar-refractivity contribution in [2.75, 3.05) is 23.7 Å². The third-order valence-electron chi connectivity index (χ3n) is 5.14. The van der Waals surface area contributed by atoms with Crippen LogP contribution in [0.3, 0.4) is 0 Å². The molecule has 0 spiro atoms. The van der Waals surface area contributed by atoms with Crippen LogP contribution in [0.25, 0.3) is 22.3 Å². The lowest BCUT2D eigenvalue weighted by molar-refractivity contribution is -0.115. The molecule has 4 N–H and O–H groups in total. The van der Waals surface area contributed by atoms with Crippen LogP contribution in [0.4, 0.5) is 29.3 Å². The number of nitrogens with zero attached hydrogens (tertiary/aromatic N) is 3. The van der Waals surface area contributed by atoms with E-state index in [-0.39, 0.29) is 39.3 Å². The van der Waals surface area contributed by atoms with Crippen LogP contribution in [-0.2, 0) is 16.4 Å². The molecule has 0 saturated heterocycles. The molecular weight excluding hydrogens is 536 g/mol. The number of hydrogen-bond donors (Lipinski definition) is 3. The van der Waals surface area contributed by atoms with Crippen LogP contribution in [-0.4, -0.2) is 42.6 Å². The molecule has 2 aromatic carbocycles. The van der Waals surface area contributed by atoms with E-state index in [1.807, 2.05) is 0 Å². The van der Waals surface area contributed by atoms with E-state index in [2.05, 4.69) is 25.6 Å². The number of alkyl halides is 3. The topological polar surface area (TPSA) is 123 Å². The first-order valence-corrected chi connectivity index (χ1v) is 12.6. The van der Waals surface area contributed by atoms with Crippen molar-refractivity contribution in [3.63, 3.8) is 0 Å². The van der Waals surface area contributed by atoms with Gasteiger partial charge in [0.1, 0.15) is 22.8 Å². The number of primary sulfonamides is 1. The molecule has 4 aromatic rings. The van der Waals surface area contributed by atoms with E-state index < -0.39 is 28.6 Å². The second kappa shape index (κ2) is 10.4. The Hall–Kier alpha value is -3.55. The molecule has 0 unspecified atom stereocenters. The van der Waals surface area contributed by atoms with Gasteiger partial charge in [-0.25, -0.2) is 27.9 Å². The summed E-state index contributed by atoms with van der Waals surface area (Å²) < 4.78 is 75.4. The molecular formula is C23H19ClF4N6O2S. The molecule has 0 aliphatic carbocycles. The number of hydrogen-bond acceptors (Lipinski definition) is 7. The number of nitrogens with one attached hydrogen (secondary N) is 2. The highest BCUT2D eigenvalue weighted by molar-refractivity contribution is 7.89. The predicted octanol–water partition coefficient (Wildman–Crippen LogP) is 4.76. The average molecular weight is 555 g/mol. The number of rotatable bonds is 8. The number of fused-ring (bicyclic) bond motifs is 1. The Kier molecular flexibility index (Phi) is 7.48. The molecule has 2 aromatic heterocycles. The van der Waals surface area contributed by atoms with Crippen LogP contribution in [0.5, 0.6) is 0 Å². The number of anilines is 2. The normalized spacial score (nSPS) is 12.1. The maximum absolute atomic E-state index is 13.3. The highest BCUT2D eigenvalue weighted by atomic mass is 35.5. The van der Waals surface area contributed by atoms with Gasteiger partial charge in [0.2, 0.25) is 16.0 Å². The van der Waals surface area contributed by atoms with Crippen molar-refractivity contribution in [2.24, 2.45) is 5.14 Å². The molecule has 0 radical (unpaired) electrons. The van der Waals surface area contributed by atoms with Gasteiger partial charge in [0, 0.05) is 12.1 Å². The summed E-state index contributed by atoms with van der Waals surface area (Å²) in [6, 6.07) is 13.1. The minimum Gasteiger partial charge on any atom is -0.359 e. The lowest BCUT2D eigenvalue weighted by Gasteiger charge is -2.14. The molecule has 8 nitrogen and oxygen atoms in total. The van der Waals surface area contributed by atoms with E-state index in [4.69, 9.17) is 16.7 Å². The summed E-state index contributed by atoms with van der Waals surface area (Å²) in [5.74, 6) is -0.540. The van der Waals surface area contributed by atoms with E-state index in [0.29, 0.717) is 23.2 Å². The zero-order valence-electron chi connectivity index (χ0n) is 18.9. The zero-order valence-corrected chi connectivity index (χ0v) is 20.4. The van der Waals surface area contributed by atoms with Crippen molar-refractivity contribution in [3.8, 4) is 11.3 Å². The highest BCUT2D eigenvalue weighted by Crippen LogP contribution is 2.27. The predicted molar refractivity (Wildman–Crippen MR) is 132 cm³/mol. The van der Waals surface area contributed by atoms with Gasteiger partial charge in [0.05, 0.1) is 16.2 Å². The van der Waals surface area contributed by atoms with Crippen molar-refractivity contribution in [1.82, 2.24) is 15.0 Å². The first-order chi connectivity index (χ1) is 17.4. The molecule has 0 bridgehead atoms. The largest absolute Gasteiger partial charge is 0.405 e. The number of pyridine rings is 1. The Labute approximate surface area is 214 Å². The summed E-state index contributed by atoms with van der Waals surface area (Å²) >= 11 is 5.90. The Balaban J connectivity index is 1.60. The monoisotopic (exact) mass is 554 g/mol. The molecule has 0 atom stereocenters. The fourth-order valence-corrected chi connectivity index (χ4v) is 4.52. The summed E-state index contributed by atoms with van der Waals surface area (Å²) in [4.78, 5) is 12.7. The van der Waals surface area contributed by atoms with Gasteiger partial charge in [0.15, 0.2) is 5.82 Å². The van der Waals surface area contributed by atoms with E-state index in [1.165, 1.54) is 36.4 Å². The van der Waals surface area contributed by atoms with Crippen LogP contribution in [0.15, 0.2) is 59.5 Å². The lowest BCUT2D eigenvalue weighted by Crippen LogP contribution is -2.22. The quantitative estimate of drug-likeness (QED) is 0.268. The minimum absolute atomic E-state index is 0.00930. The van der Waals surface area contributed by atoms with Gasteiger partial charge < -0.3 is 10.6 Å². The van der Waals surface area contributed by atoms with Crippen molar-refractivity contribution in [3.05, 3.63) is 71.0 Å². The van der Waals surface area contributed by atoms with Gasteiger partial charge in [0.25, 0.3) is 0 Å². The third kappa shape index (κ3) is 6.81. The third-order valence-corrected chi connectivity index (χ3v) is 6.53. The SMILES string of the molecule is NS(=O)(=O)c1cc(CCNc2nc(NCC(F)(F)F)c3nc(-c4ccc(F)cc4)ccc3n2)ccc1Cl. The van der Waals surface area contributed by atoms with Gasteiger partial charge in [-0.15, -0.1) is 0 Å². The fourth-order valence-electron chi connectivity index (χ4n) is 3.42. The molecule has 4 rings (SSSR count). The van der Waals surface area contributed by atoms with Crippen LogP contribution in [0.1, 0.15) is 5.56 Å². The number of halogens is 5. The molecule has 0 aliphatic rings. The summed E-state index contributed by atoms with van der Waals surface area (Å²) in [7, 11) is -4.01. The molecule has 0 fully saturated rings. The van der Waals surface area contributed by atoms with Gasteiger partial charge in [-0.2, -0.15) is 18.2 Å². The van der Waals surface area contributed by atoms with E-state index in [0.717, 1.165) is 0 Å². The average Bonchev–Trinajstić information content (AvgIpc) is 2.82. The molecule has 194 valence electrons. The van der Waals surface area contributed by atoms with Crippen LogP contribution >= 0.6 is 11.6 Å². The molecule has 0 aliphatic heterocycles. The smallest absolute Gasteiger partial charge is 0.359 e. The number of nitrogens with two attached hydrogens (primary N) is 1. The Morgan fingerprint density at radius 3 is 2.35 bits per heavy atom. The zero-order chi connectivity index (χ0) is 26.8. The van der Waals surface area contributed by atoms with Crippen LogP contribution < -0.4 is 15.8 Å². The van der Waals surface area contributed by atoms with Gasteiger partial charge in [-0.1, -0.05) is 17.7 Å². The van der Waals surface area contributed by atoms with Gasteiger partial charge in [-0.05, 0) is 60.5 Å². The summed E-state index contributed by atoms with van der Waals surface area (Å²) in [6.45, 7) is -1.13. The van der Waals surface area contributed by atoms with Crippen LogP contribution in [0, 0.1) is 5.82 Å². The Morgan fingerprint density at radius 1 is 0.946 bits per heavy atom. The standard InChI is InChI=1S/C23H19ClF4N6O2S/c24-16-6-1-13(11-19(16)37(29,35)36)9-10-30-22-33-18-8-7-17(14-2-4-15(25)5-3-14)32-20(18)21(34-22)31-12-23(26,27)28/h1-8,11H,9-10,12H2,(H2,29,35,36)(H2,30,31,33,34). The van der Waals surface area contributed by atoms with E-state index in [1.54, 1.807) is 18.2 Å². The van der Waals surface area contributed by atoms with E-state index >= 15 is 0 Å². The second-order valence-corrected chi connectivity index (χ2v) is 9.86. The number of aromatic nitrogens is 3. The van der Waals surface area contributed by atoms with Gasteiger partial charge >= 0.3 is 6.18 Å². The second-order valence-electron chi connectivity index (χ2n) is 7.92. The Bertz CT molecular complexity index is 1550. The number of benzene rings is 2. The molecule has 2 heterocycles. The van der Waals surface area contributed by atoms with Crippen molar-refractivity contribution in [2.45, 2.75) is 17.5 Å². The van der Waals surface area contributed by atoms with Crippen molar-refractivity contribution < 1.29 is 26.0 Å². The summed E-state index contributed by atoms with van der Waals surface area (Å²) in [6.07, 6.45) is -4.19. The minimum atomic E-state index is -4.50. The Morgan fingerprint density at radius 2 is 1.68 bits per heavy atom. The lowest BCUT2D eigenvalue weighted by atomic mass is 10.1. The van der Waals surface area contributed by atoms with E-state index in [9.17, 15) is 26.0 Å². The van der Waals surface area contributed by atoms with Crippen molar-refractivity contribution in [1.29, 1.82) is 0 Å². The van der Waals surface area contributed by atoms with Crippen LogP contribution in [0.2, 0.25) is 5.02 Å². The summed E-state index contributed by atoms with van der Waals surface area (Å²) in [5, 5.41) is 10.3. The maximum Gasteiger partial charge on any atom is 0.405 e.